The van der Waals surface area contributed by atoms with Crippen molar-refractivity contribution in [2.45, 2.75) is 45.6 Å². The number of hydrogen-bond donors (Lipinski definition) is 0. The van der Waals surface area contributed by atoms with E-state index in [4.69, 9.17) is 4.74 Å². The summed E-state index contributed by atoms with van der Waals surface area (Å²) in [5.41, 5.74) is -0.367. The summed E-state index contributed by atoms with van der Waals surface area (Å²) in [6, 6.07) is 0. The maximum absolute atomic E-state index is 11.5. The van der Waals surface area contributed by atoms with Crippen LogP contribution in [0, 0.1) is 0 Å². The Morgan fingerprint density at radius 3 is 2.05 bits per heavy atom. The third kappa shape index (κ3) is 9.30. The Bertz CT molecular complexity index is 270. The van der Waals surface area contributed by atoms with E-state index in [1.807, 2.05) is 20.8 Å². The standard InChI is InChI=1S/C10H19NO2.C3H7NO2/c1-10(2,3)13-9(12)11-7-5-4-6-8-11;1-4(3-5)6-2/h4-8H2,1-3H3;3H,1-2H3. The first kappa shape index (κ1) is 17.7. The molecule has 1 aliphatic heterocycles. The number of rotatable bonds is 2. The fourth-order valence-electron chi connectivity index (χ4n) is 1.45. The van der Waals surface area contributed by atoms with E-state index in [0.29, 0.717) is 6.41 Å². The molecule has 1 rings (SSSR count). The molecule has 0 unspecified atom stereocenters. The van der Waals surface area contributed by atoms with Crippen molar-refractivity contribution in [3.8, 4) is 0 Å². The predicted molar refractivity (Wildman–Crippen MR) is 72.5 cm³/mol. The van der Waals surface area contributed by atoms with E-state index in [9.17, 15) is 9.59 Å². The lowest BCUT2D eigenvalue weighted by Gasteiger charge is -2.29. The van der Waals surface area contributed by atoms with Gasteiger partial charge in [-0.3, -0.25) is 9.63 Å². The molecule has 0 spiro atoms. The van der Waals surface area contributed by atoms with E-state index in [0.717, 1.165) is 31.0 Å². The van der Waals surface area contributed by atoms with Gasteiger partial charge in [-0.05, 0) is 40.0 Å². The average Bonchev–Trinajstić information content (AvgIpc) is 2.37. The third-order valence-corrected chi connectivity index (χ3v) is 2.44. The van der Waals surface area contributed by atoms with Crippen molar-refractivity contribution >= 4 is 12.5 Å². The Kier molecular flexibility index (Phi) is 8.14. The maximum atomic E-state index is 11.5. The van der Waals surface area contributed by atoms with Crippen LogP contribution < -0.4 is 0 Å². The summed E-state index contributed by atoms with van der Waals surface area (Å²) in [6.45, 7) is 7.41. The molecule has 0 aromatic carbocycles. The molecule has 1 fully saturated rings. The summed E-state index contributed by atoms with van der Waals surface area (Å²) in [5, 5.41) is 1.07. The van der Waals surface area contributed by atoms with Gasteiger partial charge in [0.15, 0.2) is 0 Å². The van der Waals surface area contributed by atoms with Crippen LogP contribution in [-0.4, -0.2) is 55.3 Å². The molecule has 6 heteroatoms. The van der Waals surface area contributed by atoms with Crippen LogP contribution in [-0.2, 0) is 14.4 Å². The van der Waals surface area contributed by atoms with Crippen molar-refractivity contribution in [2.75, 3.05) is 27.2 Å². The van der Waals surface area contributed by atoms with Crippen molar-refractivity contribution in [2.24, 2.45) is 0 Å². The normalized spacial score (nSPS) is 15.1. The highest BCUT2D eigenvalue weighted by Crippen LogP contribution is 2.14. The minimum absolute atomic E-state index is 0.160. The highest BCUT2D eigenvalue weighted by atomic mass is 16.7. The highest BCUT2D eigenvalue weighted by molar-refractivity contribution is 5.68. The molecule has 0 saturated carbocycles. The molecule has 0 aromatic heterocycles. The lowest BCUT2D eigenvalue weighted by molar-refractivity contribution is -0.153. The molecule has 19 heavy (non-hydrogen) atoms. The van der Waals surface area contributed by atoms with Gasteiger partial charge in [-0.2, -0.15) is 0 Å². The van der Waals surface area contributed by atoms with Crippen molar-refractivity contribution in [3.63, 3.8) is 0 Å². The molecule has 0 radical (unpaired) electrons. The number of nitrogens with zero attached hydrogens (tertiary/aromatic N) is 2. The quantitative estimate of drug-likeness (QED) is 0.571. The van der Waals surface area contributed by atoms with Gasteiger partial charge in [-0.1, -0.05) is 0 Å². The van der Waals surface area contributed by atoms with Crippen molar-refractivity contribution in [3.05, 3.63) is 0 Å². The molecule has 1 saturated heterocycles. The summed E-state index contributed by atoms with van der Waals surface area (Å²) in [5.74, 6) is 0. The van der Waals surface area contributed by atoms with E-state index >= 15 is 0 Å². The lowest BCUT2D eigenvalue weighted by Crippen LogP contribution is -2.39. The second kappa shape index (κ2) is 8.74. The van der Waals surface area contributed by atoms with Gasteiger partial charge in [0.05, 0.1) is 7.11 Å². The zero-order chi connectivity index (χ0) is 14.9. The number of amides is 2. The predicted octanol–water partition coefficient (Wildman–Crippen LogP) is 2.04. The van der Waals surface area contributed by atoms with E-state index in [1.54, 1.807) is 4.90 Å². The number of carbonyl (C=O) groups excluding carboxylic acids is 2. The van der Waals surface area contributed by atoms with Crippen molar-refractivity contribution in [1.82, 2.24) is 9.96 Å². The molecule has 0 bridgehead atoms. The lowest BCUT2D eigenvalue weighted by atomic mass is 10.1. The Hall–Kier alpha value is -1.30. The zero-order valence-corrected chi connectivity index (χ0v) is 12.6. The molecule has 6 nitrogen and oxygen atoms in total. The van der Waals surface area contributed by atoms with Crippen LogP contribution in [0.25, 0.3) is 0 Å². The van der Waals surface area contributed by atoms with Gasteiger partial charge >= 0.3 is 6.09 Å². The number of ether oxygens (including phenoxy) is 1. The minimum atomic E-state index is -0.367. The number of piperidine rings is 1. The topological polar surface area (TPSA) is 59.1 Å². The van der Waals surface area contributed by atoms with Gasteiger partial charge in [-0.15, -0.1) is 0 Å². The summed E-state index contributed by atoms with van der Waals surface area (Å²) in [6.07, 6.45) is 3.88. The maximum Gasteiger partial charge on any atom is 0.410 e. The number of hydroxylamine groups is 2. The van der Waals surface area contributed by atoms with Crippen LogP contribution >= 0.6 is 0 Å². The van der Waals surface area contributed by atoms with Crippen LogP contribution in [0.5, 0.6) is 0 Å². The molecule has 0 aliphatic carbocycles. The van der Waals surface area contributed by atoms with Crippen LogP contribution in [0.1, 0.15) is 40.0 Å². The van der Waals surface area contributed by atoms with Crippen LogP contribution in [0.2, 0.25) is 0 Å². The SMILES string of the molecule is CC(C)(C)OC(=O)N1CCCCC1.CON(C)C=O. The molecule has 112 valence electrons. The number of hydrogen-bond acceptors (Lipinski definition) is 4. The Balaban J connectivity index is 0.000000459. The van der Waals surface area contributed by atoms with Gasteiger partial charge < -0.3 is 9.64 Å². The number of carbonyl (C=O) groups is 2. The first-order valence-corrected chi connectivity index (χ1v) is 6.50. The van der Waals surface area contributed by atoms with Gasteiger partial charge in [0.1, 0.15) is 5.60 Å². The smallest absolute Gasteiger partial charge is 0.410 e. The third-order valence-electron chi connectivity index (χ3n) is 2.44. The van der Waals surface area contributed by atoms with Gasteiger partial charge in [0, 0.05) is 20.1 Å². The second-order valence-electron chi connectivity index (χ2n) is 5.36. The average molecular weight is 274 g/mol. The monoisotopic (exact) mass is 274 g/mol. The Morgan fingerprint density at radius 1 is 1.21 bits per heavy atom. The first-order valence-electron chi connectivity index (χ1n) is 6.50. The van der Waals surface area contributed by atoms with Gasteiger partial charge in [0.25, 0.3) is 0 Å². The van der Waals surface area contributed by atoms with E-state index in [-0.39, 0.29) is 11.7 Å². The summed E-state index contributed by atoms with van der Waals surface area (Å²) >= 11 is 0. The fraction of sp³-hybridized carbons (Fsp3) is 0.846. The first-order chi connectivity index (χ1) is 8.80. The fourth-order valence-corrected chi connectivity index (χ4v) is 1.45. The number of likely N-dealkylation sites (tertiary alicyclic amines) is 1. The molecular formula is C13H26N2O4. The molecular weight excluding hydrogens is 248 g/mol. The summed E-state index contributed by atoms with van der Waals surface area (Å²) in [7, 11) is 2.95. The second-order valence-corrected chi connectivity index (χ2v) is 5.36. The van der Waals surface area contributed by atoms with E-state index in [2.05, 4.69) is 4.84 Å². The van der Waals surface area contributed by atoms with Gasteiger partial charge in [-0.25, -0.2) is 9.86 Å². The Morgan fingerprint density at radius 2 is 1.74 bits per heavy atom. The van der Waals surface area contributed by atoms with Crippen LogP contribution in [0.3, 0.4) is 0 Å². The molecule has 2 amide bonds. The van der Waals surface area contributed by atoms with Crippen LogP contribution in [0.15, 0.2) is 0 Å². The molecule has 0 atom stereocenters. The zero-order valence-electron chi connectivity index (χ0n) is 12.6. The van der Waals surface area contributed by atoms with Crippen molar-refractivity contribution in [1.29, 1.82) is 0 Å². The van der Waals surface area contributed by atoms with E-state index < -0.39 is 0 Å². The minimum Gasteiger partial charge on any atom is -0.444 e. The van der Waals surface area contributed by atoms with Crippen molar-refractivity contribution < 1.29 is 19.2 Å². The molecule has 0 N–H and O–H groups in total. The largest absolute Gasteiger partial charge is 0.444 e. The van der Waals surface area contributed by atoms with Gasteiger partial charge in [0.2, 0.25) is 6.41 Å². The summed E-state index contributed by atoms with van der Waals surface area (Å²) < 4.78 is 5.26. The molecule has 0 aromatic rings. The highest BCUT2D eigenvalue weighted by Gasteiger charge is 2.22. The summed E-state index contributed by atoms with van der Waals surface area (Å²) in [4.78, 5) is 27.2. The van der Waals surface area contributed by atoms with E-state index in [1.165, 1.54) is 20.6 Å². The molecule has 1 heterocycles. The Labute approximate surface area is 115 Å². The van der Waals surface area contributed by atoms with Crippen LogP contribution in [0.4, 0.5) is 4.79 Å². The molecule has 1 aliphatic rings.